The highest BCUT2D eigenvalue weighted by molar-refractivity contribution is 6.24. The van der Waals surface area contributed by atoms with E-state index in [0.29, 0.717) is 17.1 Å². The number of Topliss-reactive ketones (excluding diaryl/α,β-unsaturated/α-hetero) is 2. The zero-order valence-corrected chi connectivity index (χ0v) is 14.9. The molecule has 1 saturated carbocycles. The maximum atomic E-state index is 12.9. The van der Waals surface area contributed by atoms with Crippen LogP contribution in [0.1, 0.15) is 40.3 Å². The SMILES string of the molecule is COc1cccc(C=C2CC(=O)C(c3c(C)cc(C)cc3C)C2=O)n1. The molecule has 1 heterocycles. The van der Waals surface area contributed by atoms with E-state index in [4.69, 9.17) is 4.74 Å². The van der Waals surface area contributed by atoms with Crippen molar-refractivity contribution in [2.24, 2.45) is 0 Å². The van der Waals surface area contributed by atoms with Crippen LogP contribution in [0.5, 0.6) is 5.88 Å². The Hall–Kier alpha value is -2.75. The van der Waals surface area contributed by atoms with Gasteiger partial charge in [0, 0.05) is 18.1 Å². The number of hydrogen-bond donors (Lipinski definition) is 0. The molecule has 1 aliphatic rings. The molecule has 1 fully saturated rings. The summed E-state index contributed by atoms with van der Waals surface area (Å²) in [7, 11) is 1.54. The van der Waals surface area contributed by atoms with Crippen LogP contribution >= 0.6 is 0 Å². The van der Waals surface area contributed by atoms with Crippen molar-refractivity contribution in [1.29, 1.82) is 0 Å². The molecule has 1 unspecified atom stereocenters. The van der Waals surface area contributed by atoms with Crippen LogP contribution in [-0.2, 0) is 9.59 Å². The molecule has 128 valence electrons. The number of aryl methyl sites for hydroxylation is 3. The molecule has 0 bridgehead atoms. The quantitative estimate of drug-likeness (QED) is 0.633. The third-order valence-corrected chi connectivity index (χ3v) is 4.57. The van der Waals surface area contributed by atoms with Gasteiger partial charge in [0.05, 0.1) is 12.8 Å². The smallest absolute Gasteiger partial charge is 0.213 e. The summed E-state index contributed by atoms with van der Waals surface area (Å²) in [5, 5.41) is 0. The van der Waals surface area contributed by atoms with Gasteiger partial charge in [0.2, 0.25) is 5.88 Å². The van der Waals surface area contributed by atoms with Crippen LogP contribution in [0.15, 0.2) is 35.9 Å². The van der Waals surface area contributed by atoms with Gasteiger partial charge in [0.15, 0.2) is 11.6 Å². The predicted octanol–water partition coefficient (Wildman–Crippen LogP) is 3.72. The molecule has 2 aromatic rings. The summed E-state index contributed by atoms with van der Waals surface area (Å²) < 4.78 is 5.11. The molecule has 1 atom stereocenters. The normalized spacial score (nSPS) is 18.9. The summed E-state index contributed by atoms with van der Waals surface area (Å²) in [6.45, 7) is 5.93. The topological polar surface area (TPSA) is 56.3 Å². The van der Waals surface area contributed by atoms with Gasteiger partial charge in [-0.15, -0.1) is 0 Å². The second-order valence-corrected chi connectivity index (χ2v) is 6.53. The number of methoxy groups -OCH3 is 1. The lowest BCUT2D eigenvalue weighted by Crippen LogP contribution is -2.15. The number of nitrogens with zero attached hydrogens (tertiary/aromatic N) is 1. The summed E-state index contributed by atoms with van der Waals surface area (Å²) in [5.41, 5.74) is 5.09. The minimum atomic E-state index is -0.697. The fraction of sp³-hybridized carbons (Fsp3) is 0.286. The van der Waals surface area contributed by atoms with E-state index in [0.717, 1.165) is 22.3 Å². The number of allylic oxidation sites excluding steroid dienone is 1. The van der Waals surface area contributed by atoms with Crippen molar-refractivity contribution in [3.05, 3.63) is 63.9 Å². The average Bonchev–Trinajstić information content (AvgIpc) is 2.82. The molecule has 0 aliphatic heterocycles. The Bertz CT molecular complexity index is 873. The van der Waals surface area contributed by atoms with Gasteiger partial charge in [-0.3, -0.25) is 9.59 Å². The molecule has 25 heavy (non-hydrogen) atoms. The molecule has 0 N–H and O–H groups in total. The third kappa shape index (κ3) is 3.25. The van der Waals surface area contributed by atoms with Gasteiger partial charge >= 0.3 is 0 Å². The second-order valence-electron chi connectivity index (χ2n) is 6.53. The molecule has 0 spiro atoms. The van der Waals surface area contributed by atoms with Crippen LogP contribution in [0.3, 0.4) is 0 Å². The highest BCUT2D eigenvalue weighted by Gasteiger charge is 2.39. The molecule has 1 aromatic heterocycles. The number of hydrogen-bond acceptors (Lipinski definition) is 4. The maximum absolute atomic E-state index is 12.9. The largest absolute Gasteiger partial charge is 0.481 e. The minimum Gasteiger partial charge on any atom is -0.481 e. The minimum absolute atomic E-state index is 0.0470. The molecular formula is C21H21NO3. The van der Waals surface area contributed by atoms with Crippen LogP contribution in [0.2, 0.25) is 0 Å². The van der Waals surface area contributed by atoms with Crippen molar-refractivity contribution in [2.45, 2.75) is 33.1 Å². The number of carbonyl (C=O) groups is 2. The Balaban J connectivity index is 1.99. The number of ether oxygens (including phenoxy) is 1. The van der Waals surface area contributed by atoms with Gasteiger partial charge < -0.3 is 4.74 Å². The molecule has 4 heteroatoms. The predicted molar refractivity (Wildman–Crippen MR) is 96.8 cm³/mol. The Morgan fingerprint density at radius 1 is 1.12 bits per heavy atom. The van der Waals surface area contributed by atoms with Gasteiger partial charge in [-0.1, -0.05) is 23.8 Å². The molecule has 0 amide bonds. The first-order valence-electron chi connectivity index (χ1n) is 8.27. The van der Waals surface area contributed by atoms with Crippen molar-refractivity contribution < 1.29 is 14.3 Å². The summed E-state index contributed by atoms with van der Waals surface area (Å²) >= 11 is 0. The van der Waals surface area contributed by atoms with E-state index in [1.54, 1.807) is 25.3 Å². The van der Waals surface area contributed by atoms with E-state index >= 15 is 0 Å². The zero-order valence-electron chi connectivity index (χ0n) is 14.9. The number of carbonyl (C=O) groups excluding carboxylic acids is 2. The fourth-order valence-corrected chi connectivity index (χ4v) is 3.57. The maximum Gasteiger partial charge on any atom is 0.213 e. The highest BCUT2D eigenvalue weighted by Crippen LogP contribution is 2.36. The summed E-state index contributed by atoms with van der Waals surface area (Å²) in [5.74, 6) is -0.385. The van der Waals surface area contributed by atoms with Gasteiger partial charge in [-0.2, -0.15) is 0 Å². The Morgan fingerprint density at radius 3 is 2.44 bits per heavy atom. The number of benzene rings is 1. The summed E-state index contributed by atoms with van der Waals surface area (Å²) in [4.78, 5) is 29.8. The lowest BCUT2D eigenvalue weighted by molar-refractivity contribution is -0.123. The average molecular weight is 335 g/mol. The van der Waals surface area contributed by atoms with E-state index in [2.05, 4.69) is 4.98 Å². The first-order chi connectivity index (χ1) is 11.9. The zero-order chi connectivity index (χ0) is 18.1. The lowest BCUT2D eigenvalue weighted by atomic mass is 9.87. The van der Waals surface area contributed by atoms with E-state index in [1.807, 2.05) is 39.0 Å². The Morgan fingerprint density at radius 2 is 1.80 bits per heavy atom. The van der Waals surface area contributed by atoms with Crippen molar-refractivity contribution >= 4 is 17.6 Å². The first-order valence-corrected chi connectivity index (χ1v) is 8.27. The molecule has 1 aliphatic carbocycles. The number of aromatic nitrogens is 1. The highest BCUT2D eigenvalue weighted by atomic mass is 16.5. The Kier molecular flexibility index (Phi) is 4.53. The van der Waals surface area contributed by atoms with E-state index < -0.39 is 5.92 Å². The molecule has 0 saturated heterocycles. The third-order valence-electron chi connectivity index (χ3n) is 4.57. The molecule has 1 aromatic carbocycles. The fourth-order valence-electron chi connectivity index (χ4n) is 3.57. The van der Waals surface area contributed by atoms with Crippen molar-refractivity contribution in [2.75, 3.05) is 7.11 Å². The second kappa shape index (κ2) is 6.63. The summed E-state index contributed by atoms with van der Waals surface area (Å²) in [6.07, 6.45) is 1.84. The van der Waals surface area contributed by atoms with Gasteiger partial charge in [0.1, 0.15) is 5.92 Å². The van der Waals surface area contributed by atoms with Crippen molar-refractivity contribution in [3.63, 3.8) is 0 Å². The van der Waals surface area contributed by atoms with Crippen LogP contribution in [0, 0.1) is 20.8 Å². The van der Waals surface area contributed by atoms with Crippen LogP contribution < -0.4 is 4.74 Å². The van der Waals surface area contributed by atoms with Crippen LogP contribution in [0.4, 0.5) is 0 Å². The number of rotatable bonds is 3. The molecule has 3 rings (SSSR count). The van der Waals surface area contributed by atoms with Gasteiger partial charge in [-0.05, 0) is 49.6 Å². The van der Waals surface area contributed by atoms with Crippen molar-refractivity contribution in [3.8, 4) is 5.88 Å². The van der Waals surface area contributed by atoms with E-state index in [-0.39, 0.29) is 18.0 Å². The number of ketones is 2. The van der Waals surface area contributed by atoms with Crippen LogP contribution in [0.25, 0.3) is 6.08 Å². The van der Waals surface area contributed by atoms with E-state index in [9.17, 15) is 9.59 Å². The lowest BCUT2D eigenvalue weighted by Gasteiger charge is -2.15. The van der Waals surface area contributed by atoms with Gasteiger partial charge in [0.25, 0.3) is 0 Å². The van der Waals surface area contributed by atoms with Crippen LogP contribution in [-0.4, -0.2) is 23.7 Å². The van der Waals surface area contributed by atoms with Gasteiger partial charge in [-0.25, -0.2) is 4.98 Å². The first kappa shape index (κ1) is 17.1. The Labute approximate surface area is 147 Å². The van der Waals surface area contributed by atoms with E-state index in [1.165, 1.54) is 0 Å². The molecular weight excluding hydrogens is 314 g/mol. The van der Waals surface area contributed by atoms with Crippen molar-refractivity contribution in [1.82, 2.24) is 4.98 Å². The summed E-state index contributed by atoms with van der Waals surface area (Å²) in [6, 6.07) is 9.39. The standard InChI is InChI=1S/C21H21NO3/c1-12-8-13(2)19(14(3)9-12)20-17(23)11-15(21(20)24)10-16-6-5-7-18(22-16)25-4/h5-10,20H,11H2,1-4H3. The molecule has 0 radical (unpaired) electrons. The monoisotopic (exact) mass is 335 g/mol. The molecule has 4 nitrogen and oxygen atoms in total. The number of pyridine rings is 1.